The number of carbonyl (C=O) groups is 4. The largest absolute Gasteiger partial charge is 0.495 e. The van der Waals surface area contributed by atoms with E-state index in [9.17, 15) is 19.2 Å². The van der Waals surface area contributed by atoms with Crippen molar-refractivity contribution in [2.45, 2.75) is 13.3 Å². The maximum atomic E-state index is 13.0. The van der Waals surface area contributed by atoms with Gasteiger partial charge in [0.25, 0.3) is 11.8 Å². The highest BCUT2D eigenvalue weighted by Crippen LogP contribution is 2.34. The fourth-order valence-corrected chi connectivity index (χ4v) is 3.63. The van der Waals surface area contributed by atoms with E-state index < -0.39 is 24.4 Å². The lowest BCUT2D eigenvalue weighted by molar-refractivity contribution is 0.0474. The van der Waals surface area contributed by atoms with E-state index in [-0.39, 0.29) is 22.5 Å². The third kappa shape index (κ3) is 4.13. The smallest absolute Gasteiger partial charge is 0.338 e. The Kier molecular flexibility index (Phi) is 6.04. The fourth-order valence-electron chi connectivity index (χ4n) is 3.63. The van der Waals surface area contributed by atoms with Gasteiger partial charge in [-0.05, 0) is 42.3 Å². The molecule has 1 aliphatic heterocycles. The average molecular weight is 443 g/mol. The van der Waals surface area contributed by atoms with Crippen molar-refractivity contribution >= 4 is 29.3 Å². The van der Waals surface area contributed by atoms with E-state index in [0.717, 1.165) is 16.9 Å². The van der Waals surface area contributed by atoms with Crippen LogP contribution in [-0.2, 0) is 11.2 Å². The Morgan fingerprint density at radius 1 is 0.848 bits per heavy atom. The Balaban J connectivity index is 1.50. The van der Waals surface area contributed by atoms with E-state index in [2.05, 4.69) is 0 Å². The molecule has 0 saturated heterocycles. The van der Waals surface area contributed by atoms with E-state index in [4.69, 9.17) is 9.47 Å². The fraction of sp³-hybridized carbons (Fsp3) is 0.154. The maximum Gasteiger partial charge on any atom is 0.338 e. The second kappa shape index (κ2) is 9.08. The number of carbonyl (C=O) groups excluding carboxylic acids is 4. The minimum Gasteiger partial charge on any atom is -0.495 e. The molecule has 2 amide bonds. The van der Waals surface area contributed by atoms with Gasteiger partial charge >= 0.3 is 5.97 Å². The molecule has 4 rings (SSSR count). The molecular formula is C26H21NO6. The Labute approximate surface area is 190 Å². The Morgan fingerprint density at radius 3 is 2.21 bits per heavy atom. The van der Waals surface area contributed by atoms with Crippen LogP contribution in [0.1, 0.15) is 53.9 Å². The number of amides is 2. The van der Waals surface area contributed by atoms with Gasteiger partial charge in [0.15, 0.2) is 12.4 Å². The number of nitrogens with zero attached hydrogens (tertiary/aromatic N) is 1. The first kappa shape index (κ1) is 22.0. The molecule has 1 heterocycles. The standard InChI is InChI=1S/C26H21NO6/c1-3-16-8-10-17(11-9-16)22(28)15-33-26(31)18-12-13-19-20(14-18)25(30)27(24(19)29)21-6-4-5-7-23(21)32-2/h4-14H,3,15H2,1-2H3. The number of para-hydroxylation sites is 2. The van der Waals surface area contributed by atoms with Gasteiger partial charge in [-0.2, -0.15) is 0 Å². The normalized spacial score (nSPS) is 12.5. The molecule has 33 heavy (non-hydrogen) atoms. The number of hydrogen-bond donors (Lipinski definition) is 0. The first-order chi connectivity index (χ1) is 15.9. The molecule has 0 unspecified atom stereocenters. The van der Waals surface area contributed by atoms with Gasteiger partial charge in [0.1, 0.15) is 5.75 Å². The minimum absolute atomic E-state index is 0.0749. The quantitative estimate of drug-likeness (QED) is 0.310. The van der Waals surface area contributed by atoms with Crippen LogP contribution in [0.25, 0.3) is 0 Å². The molecule has 0 aliphatic carbocycles. The first-order valence-electron chi connectivity index (χ1n) is 10.4. The highest BCUT2D eigenvalue weighted by molar-refractivity contribution is 6.35. The number of Topliss-reactive ketones (excluding diaryl/α,β-unsaturated/α-hetero) is 1. The van der Waals surface area contributed by atoms with Crippen molar-refractivity contribution in [3.63, 3.8) is 0 Å². The van der Waals surface area contributed by atoms with Gasteiger partial charge in [0.2, 0.25) is 0 Å². The molecule has 7 heteroatoms. The van der Waals surface area contributed by atoms with E-state index in [1.54, 1.807) is 36.4 Å². The number of benzene rings is 3. The van der Waals surface area contributed by atoms with E-state index >= 15 is 0 Å². The van der Waals surface area contributed by atoms with Crippen LogP contribution < -0.4 is 9.64 Å². The molecular weight excluding hydrogens is 422 g/mol. The van der Waals surface area contributed by atoms with Crippen LogP contribution in [0.4, 0.5) is 5.69 Å². The Bertz CT molecular complexity index is 1260. The lowest BCUT2D eigenvalue weighted by Gasteiger charge is -2.16. The van der Waals surface area contributed by atoms with Gasteiger partial charge in [0.05, 0.1) is 29.5 Å². The summed E-state index contributed by atoms with van der Waals surface area (Å²) >= 11 is 0. The number of hydrogen-bond acceptors (Lipinski definition) is 6. The van der Waals surface area contributed by atoms with Crippen molar-refractivity contribution in [2.24, 2.45) is 0 Å². The van der Waals surface area contributed by atoms with Gasteiger partial charge < -0.3 is 9.47 Å². The number of esters is 1. The number of ether oxygens (including phenoxy) is 2. The van der Waals surface area contributed by atoms with Crippen LogP contribution >= 0.6 is 0 Å². The lowest BCUT2D eigenvalue weighted by Crippen LogP contribution is -2.29. The van der Waals surface area contributed by atoms with Gasteiger partial charge in [-0.25, -0.2) is 9.69 Å². The van der Waals surface area contributed by atoms with Crippen LogP contribution in [-0.4, -0.2) is 37.3 Å². The van der Waals surface area contributed by atoms with E-state index in [1.807, 2.05) is 19.1 Å². The highest BCUT2D eigenvalue weighted by atomic mass is 16.5. The third-order valence-corrected chi connectivity index (χ3v) is 5.47. The number of anilines is 1. The Hall–Kier alpha value is -4.26. The minimum atomic E-state index is -0.757. The number of imide groups is 1. The number of aryl methyl sites for hydroxylation is 1. The van der Waals surface area contributed by atoms with Gasteiger partial charge in [-0.3, -0.25) is 14.4 Å². The van der Waals surface area contributed by atoms with Crippen LogP contribution in [0.2, 0.25) is 0 Å². The number of fused-ring (bicyclic) bond motifs is 1. The summed E-state index contributed by atoms with van der Waals surface area (Å²) in [5.74, 6) is -1.79. The van der Waals surface area contributed by atoms with Crippen molar-refractivity contribution in [1.82, 2.24) is 0 Å². The summed E-state index contributed by atoms with van der Waals surface area (Å²) < 4.78 is 10.4. The SMILES string of the molecule is CCc1ccc(C(=O)COC(=O)c2ccc3c(c2)C(=O)N(c2ccccc2OC)C3=O)cc1. The molecule has 0 radical (unpaired) electrons. The zero-order chi connectivity index (χ0) is 23.5. The highest BCUT2D eigenvalue weighted by Gasteiger charge is 2.38. The van der Waals surface area contributed by atoms with E-state index in [0.29, 0.717) is 17.0 Å². The lowest BCUT2D eigenvalue weighted by atomic mass is 10.1. The molecule has 0 bridgehead atoms. The summed E-state index contributed by atoms with van der Waals surface area (Å²) in [6, 6.07) is 17.9. The molecule has 0 N–H and O–H groups in total. The van der Waals surface area contributed by atoms with Crippen molar-refractivity contribution in [2.75, 3.05) is 18.6 Å². The summed E-state index contributed by atoms with van der Waals surface area (Å²) in [6.45, 7) is 1.59. The van der Waals surface area contributed by atoms with Crippen LogP contribution in [0, 0.1) is 0 Å². The van der Waals surface area contributed by atoms with Gasteiger partial charge in [-0.15, -0.1) is 0 Å². The molecule has 0 aromatic heterocycles. The second-order valence-corrected chi connectivity index (χ2v) is 7.43. The van der Waals surface area contributed by atoms with Crippen molar-refractivity contribution in [1.29, 1.82) is 0 Å². The number of rotatable bonds is 7. The molecule has 3 aromatic rings. The van der Waals surface area contributed by atoms with Crippen molar-refractivity contribution < 1.29 is 28.7 Å². The molecule has 0 atom stereocenters. The summed E-state index contributed by atoms with van der Waals surface area (Å²) in [5, 5.41) is 0. The van der Waals surface area contributed by atoms with Gasteiger partial charge in [-0.1, -0.05) is 43.3 Å². The van der Waals surface area contributed by atoms with Crippen LogP contribution in [0.3, 0.4) is 0 Å². The van der Waals surface area contributed by atoms with E-state index in [1.165, 1.54) is 25.3 Å². The second-order valence-electron chi connectivity index (χ2n) is 7.43. The topological polar surface area (TPSA) is 90.0 Å². The molecule has 166 valence electrons. The molecule has 3 aromatic carbocycles. The van der Waals surface area contributed by atoms with Crippen LogP contribution in [0.15, 0.2) is 66.7 Å². The molecule has 0 spiro atoms. The monoisotopic (exact) mass is 443 g/mol. The predicted molar refractivity (Wildman–Crippen MR) is 121 cm³/mol. The van der Waals surface area contributed by atoms with Gasteiger partial charge in [0, 0.05) is 5.56 Å². The molecule has 0 fully saturated rings. The molecule has 1 aliphatic rings. The summed E-state index contributed by atoms with van der Waals surface area (Å²) in [6.07, 6.45) is 0.859. The summed E-state index contributed by atoms with van der Waals surface area (Å²) in [7, 11) is 1.45. The predicted octanol–water partition coefficient (Wildman–Crippen LogP) is 4.10. The summed E-state index contributed by atoms with van der Waals surface area (Å²) in [4.78, 5) is 51.7. The van der Waals surface area contributed by atoms with Crippen LogP contribution in [0.5, 0.6) is 5.75 Å². The summed E-state index contributed by atoms with van der Waals surface area (Å²) in [5.41, 5.74) is 2.20. The zero-order valence-electron chi connectivity index (χ0n) is 18.2. The Morgan fingerprint density at radius 2 is 1.52 bits per heavy atom. The maximum absolute atomic E-state index is 13.0. The van der Waals surface area contributed by atoms with Crippen molar-refractivity contribution in [3.05, 3.63) is 94.5 Å². The first-order valence-corrected chi connectivity index (χ1v) is 10.4. The third-order valence-electron chi connectivity index (χ3n) is 5.47. The van der Waals surface area contributed by atoms with Crippen molar-refractivity contribution in [3.8, 4) is 5.75 Å². The zero-order valence-corrected chi connectivity index (χ0v) is 18.2. The molecule has 7 nitrogen and oxygen atoms in total. The number of methoxy groups -OCH3 is 1. The average Bonchev–Trinajstić information content (AvgIpc) is 3.11. The molecule has 0 saturated carbocycles. The number of ketones is 1.